The fourth-order valence-electron chi connectivity index (χ4n) is 3.38. The van der Waals surface area contributed by atoms with E-state index in [0.717, 1.165) is 54.7 Å². The Morgan fingerprint density at radius 3 is 1.79 bits per heavy atom. The van der Waals surface area contributed by atoms with Gasteiger partial charge in [-0.25, -0.2) is 0 Å². The van der Waals surface area contributed by atoms with Gasteiger partial charge in [0.1, 0.15) is 0 Å². The first kappa shape index (κ1) is 33.5. The molecule has 2 atom stereocenters. The van der Waals surface area contributed by atoms with Gasteiger partial charge in [-0.2, -0.15) is 8.42 Å². The van der Waals surface area contributed by atoms with Gasteiger partial charge in [-0.3, -0.25) is 14.1 Å². The van der Waals surface area contributed by atoms with Crippen molar-refractivity contribution >= 4 is 71.0 Å². The van der Waals surface area contributed by atoms with Gasteiger partial charge >= 0.3 is 173 Å². The second-order valence-electron chi connectivity index (χ2n) is 8.37. The molecule has 10 heteroatoms. The summed E-state index contributed by atoms with van der Waals surface area (Å²) in [5.41, 5.74) is 0. The van der Waals surface area contributed by atoms with Crippen molar-refractivity contribution < 1.29 is 37.5 Å². The molecule has 8 nitrogen and oxygen atoms in total. The predicted molar refractivity (Wildman–Crippen MR) is 133 cm³/mol. The van der Waals surface area contributed by atoms with Crippen LogP contribution in [0.2, 0.25) is 0.515 Å². The maximum Gasteiger partial charge on any atom is 0.325 e. The van der Waals surface area contributed by atoms with Crippen molar-refractivity contribution in [2.45, 2.75) is 95.8 Å². The first-order valence-electron chi connectivity index (χ1n) is 12.2. The van der Waals surface area contributed by atoms with Crippen LogP contribution in [-0.2, 0) is 19.7 Å². The van der Waals surface area contributed by atoms with Crippen LogP contribution in [-0.4, -0.2) is 95.4 Å². The molecule has 1 aromatic rings. The number of para-hydroxylation sites is 1. The van der Waals surface area contributed by atoms with Gasteiger partial charge in [0.25, 0.3) is 10.1 Å². The van der Waals surface area contributed by atoms with E-state index in [1.54, 1.807) is 0 Å². The summed E-state index contributed by atoms with van der Waals surface area (Å²) in [6.45, 7) is 2.29. The molecule has 3 N–H and O–H groups in total. The van der Waals surface area contributed by atoms with Gasteiger partial charge in [0, 0.05) is 0 Å². The Kier molecular flexibility index (Phi) is 20.4. The summed E-state index contributed by atoms with van der Waals surface area (Å²) in [4.78, 5) is 20.0. The predicted octanol–water partition coefficient (Wildman–Crippen LogP) is 5.13. The molecule has 0 bridgehead atoms. The normalized spacial score (nSPS) is 12.8. The van der Waals surface area contributed by atoms with E-state index >= 15 is 0 Å². The number of aliphatic carboxylic acids is 2. The largest absolute Gasteiger partial charge is 0.481 e. The number of ether oxygens (including phenoxy) is 1. The van der Waals surface area contributed by atoms with Crippen LogP contribution in [0.25, 0.3) is 0 Å². The zero-order chi connectivity index (χ0) is 25.8. The number of rotatable bonds is 18. The molecule has 0 aliphatic carbocycles. The maximum atomic E-state index is 10.2. The van der Waals surface area contributed by atoms with Gasteiger partial charge in [0.15, 0.2) is 5.25 Å². The standard InChI is InChI=1S/C20H33O.C4H6O7S.K/c1-3-4-5-6-7-8-9-10-11-13-16-19(2)21-20-17-14-12-15-18-20;5-3(6)1-2(4(7)8)12(9,10)11;/h12,14-15,17-19H,2-11,13,16H2,1H3;2H,1H2,(H,5,6)(H,7,8)(H,9,10,11);. The number of hydrogen-bond donors (Lipinski definition) is 3. The van der Waals surface area contributed by atoms with Crippen LogP contribution in [0, 0.1) is 0 Å². The number of carboxylic acid groups (broad SMARTS) is 2. The van der Waals surface area contributed by atoms with Gasteiger partial charge in [0.05, 0.1) is 6.42 Å². The molecule has 0 heterocycles. The van der Waals surface area contributed by atoms with E-state index in [2.05, 4.69) is 31.2 Å². The summed E-state index contributed by atoms with van der Waals surface area (Å²) in [6, 6.07) is 10.3. The summed E-state index contributed by atoms with van der Waals surface area (Å²) in [5, 5.41) is 13.9. The fraction of sp³-hybridized carbons (Fsp3) is 0.667. The van der Waals surface area contributed by atoms with Crippen LogP contribution in [0.1, 0.15) is 84.0 Å². The minimum Gasteiger partial charge on any atom is -0.481 e. The van der Waals surface area contributed by atoms with Gasteiger partial charge < -0.3 is 10.2 Å². The summed E-state index contributed by atoms with van der Waals surface area (Å²) >= 11 is 0.880. The summed E-state index contributed by atoms with van der Waals surface area (Å²) in [7, 11) is -4.84. The molecule has 0 amide bonds. The Morgan fingerprint density at radius 1 is 0.912 bits per heavy atom. The number of benzene rings is 1. The Balaban J connectivity index is 0.000000770. The Bertz CT molecular complexity index is 770. The molecule has 0 aliphatic rings. The molecule has 1 aromatic carbocycles. The molecule has 34 heavy (non-hydrogen) atoms. The van der Waals surface area contributed by atoms with Crippen molar-refractivity contribution in [1.82, 2.24) is 0 Å². The van der Waals surface area contributed by atoms with Crippen molar-refractivity contribution in [2.75, 3.05) is 0 Å². The third-order valence-corrected chi connectivity index (χ3v) is 7.89. The van der Waals surface area contributed by atoms with Crippen molar-refractivity contribution in [3.05, 3.63) is 30.3 Å². The topological polar surface area (TPSA) is 138 Å². The minimum absolute atomic E-state index is 0.469. The smallest absolute Gasteiger partial charge is 0.325 e. The van der Waals surface area contributed by atoms with Crippen LogP contribution < -0.4 is 4.74 Å². The SMILES string of the molecule is CCCCCCCCCCCCC([CH2][K])Oc1ccccc1.O=C(O)CC(C(=O)O)S(=O)(=O)O. The second-order valence-corrected chi connectivity index (χ2v) is 11.2. The Morgan fingerprint density at radius 2 is 1.41 bits per heavy atom. The van der Waals surface area contributed by atoms with E-state index in [1.807, 2.05) is 6.07 Å². The summed E-state index contributed by atoms with van der Waals surface area (Å²) in [6.07, 6.45) is 14.7. The molecule has 0 saturated heterocycles. The molecule has 2 unspecified atom stereocenters. The zero-order valence-electron chi connectivity index (χ0n) is 20.5. The van der Waals surface area contributed by atoms with E-state index in [4.69, 9.17) is 19.5 Å². The van der Waals surface area contributed by atoms with E-state index in [9.17, 15) is 18.0 Å². The van der Waals surface area contributed by atoms with Gasteiger partial charge in [-0.1, -0.05) is 13.3 Å². The molecule has 0 aliphatic heterocycles. The number of hydrogen-bond acceptors (Lipinski definition) is 5. The Labute approximate surface area is 238 Å². The maximum absolute atomic E-state index is 10.2. The number of unbranched alkanes of at least 4 members (excludes halogenated alkanes) is 9. The quantitative estimate of drug-likeness (QED) is 0.136. The molecule has 190 valence electrons. The molecule has 0 aromatic heterocycles. The average molecular weight is 527 g/mol. The minimum atomic E-state index is -4.84. The van der Waals surface area contributed by atoms with Crippen LogP contribution in [0.4, 0.5) is 0 Å². The third-order valence-electron chi connectivity index (χ3n) is 5.38. The van der Waals surface area contributed by atoms with Crippen molar-refractivity contribution in [3.8, 4) is 5.75 Å². The van der Waals surface area contributed by atoms with E-state index in [0.29, 0.717) is 6.10 Å². The van der Waals surface area contributed by atoms with E-state index in [1.165, 1.54) is 71.1 Å². The van der Waals surface area contributed by atoms with Crippen molar-refractivity contribution in [1.29, 1.82) is 0 Å². The average Bonchev–Trinajstić information content (AvgIpc) is 2.78. The summed E-state index contributed by atoms with van der Waals surface area (Å²) < 4.78 is 36.0. The second kappa shape index (κ2) is 20.7. The first-order chi connectivity index (χ1) is 16.1. The monoisotopic (exact) mass is 526 g/mol. The molecular formula is C24H39KO8S. The van der Waals surface area contributed by atoms with Crippen LogP contribution in [0.3, 0.4) is 0 Å². The van der Waals surface area contributed by atoms with Gasteiger partial charge in [-0.05, 0) is 0 Å². The van der Waals surface area contributed by atoms with E-state index in [-0.39, 0.29) is 0 Å². The Hall–Kier alpha value is -0.494. The third kappa shape index (κ3) is 18.8. The van der Waals surface area contributed by atoms with E-state index < -0.39 is 33.7 Å². The summed E-state index contributed by atoms with van der Waals surface area (Å²) in [5.74, 6) is -2.45. The van der Waals surface area contributed by atoms with Gasteiger partial charge in [0.2, 0.25) is 0 Å². The van der Waals surface area contributed by atoms with Crippen LogP contribution in [0.15, 0.2) is 30.3 Å². The zero-order valence-corrected chi connectivity index (χ0v) is 24.5. The first-order valence-corrected chi connectivity index (χ1v) is 16.0. The molecule has 0 fully saturated rings. The molecule has 0 spiro atoms. The molecule has 1 rings (SSSR count). The number of carboxylic acids is 2. The fourth-order valence-corrected chi connectivity index (χ4v) is 4.88. The van der Waals surface area contributed by atoms with Crippen molar-refractivity contribution in [2.24, 2.45) is 0 Å². The van der Waals surface area contributed by atoms with Gasteiger partial charge in [-0.15, -0.1) is 0 Å². The number of carbonyl (C=O) groups is 2. The van der Waals surface area contributed by atoms with Crippen molar-refractivity contribution in [3.63, 3.8) is 0 Å². The van der Waals surface area contributed by atoms with Crippen LogP contribution in [0.5, 0.6) is 5.75 Å². The molecular weight excluding hydrogens is 487 g/mol. The molecule has 0 saturated carbocycles. The van der Waals surface area contributed by atoms with Crippen LogP contribution >= 0.6 is 0 Å². The molecule has 0 radical (unpaired) electrons.